The standard InChI is InChI=1S/C19H28F4O8S/c20-18(21,19(22,23)32(26,27)28)30-12-15(31-17(25)14-9-5-2-6-10-14)11-29-16(24)13-7-3-1-4-8-13/h13-15H,1-12H2,(H,26,27,28)/p-1. The summed E-state index contributed by atoms with van der Waals surface area (Å²) < 4.78 is 99.2. The van der Waals surface area contributed by atoms with Gasteiger partial charge in [0, 0.05) is 0 Å². The minimum absolute atomic E-state index is 0.407. The smallest absolute Gasteiger partial charge is 0.433 e. The van der Waals surface area contributed by atoms with Gasteiger partial charge in [-0.3, -0.25) is 9.59 Å². The Kier molecular flexibility index (Phi) is 9.29. The fourth-order valence-corrected chi connectivity index (χ4v) is 4.12. The average molecular weight is 491 g/mol. The van der Waals surface area contributed by atoms with Crippen molar-refractivity contribution < 1.29 is 54.3 Å². The molecule has 1 unspecified atom stereocenters. The van der Waals surface area contributed by atoms with Crippen LogP contribution in [0.1, 0.15) is 64.2 Å². The number of carbonyl (C=O) groups is 2. The van der Waals surface area contributed by atoms with Crippen LogP contribution in [-0.4, -0.2) is 55.6 Å². The summed E-state index contributed by atoms with van der Waals surface area (Å²) in [5, 5.41) is -6.04. The molecule has 0 heterocycles. The van der Waals surface area contributed by atoms with E-state index in [1.165, 1.54) is 0 Å². The van der Waals surface area contributed by atoms with Crippen molar-refractivity contribution in [3.8, 4) is 0 Å². The molecular formula is C19H27F4O8S-. The van der Waals surface area contributed by atoms with Crippen LogP contribution >= 0.6 is 0 Å². The topological polar surface area (TPSA) is 119 Å². The first kappa shape index (κ1) is 26.8. The lowest BCUT2D eigenvalue weighted by atomic mass is 9.89. The van der Waals surface area contributed by atoms with Gasteiger partial charge in [-0.05, 0) is 25.7 Å². The lowest BCUT2D eigenvalue weighted by Crippen LogP contribution is -2.50. The molecule has 0 aromatic rings. The van der Waals surface area contributed by atoms with E-state index in [1.807, 2.05) is 0 Å². The second-order valence-electron chi connectivity index (χ2n) is 8.16. The minimum atomic E-state index is -6.74. The van der Waals surface area contributed by atoms with Crippen LogP contribution in [0, 0.1) is 11.8 Å². The first-order valence-corrected chi connectivity index (χ1v) is 12.0. The third-order valence-corrected chi connectivity index (χ3v) is 6.54. The zero-order valence-electron chi connectivity index (χ0n) is 17.4. The first-order valence-electron chi connectivity index (χ1n) is 10.6. The second-order valence-corrected chi connectivity index (χ2v) is 9.58. The molecule has 0 saturated heterocycles. The molecule has 32 heavy (non-hydrogen) atoms. The molecule has 186 valence electrons. The highest BCUT2D eigenvalue weighted by Crippen LogP contribution is 2.39. The highest BCUT2D eigenvalue weighted by Gasteiger charge is 2.63. The second kappa shape index (κ2) is 11.1. The van der Waals surface area contributed by atoms with Gasteiger partial charge in [-0.1, -0.05) is 38.5 Å². The highest BCUT2D eigenvalue weighted by molar-refractivity contribution is 7.86. The van der Waals surface area contributed by atoms with Crippen molar-refractivity contribution >= 4 is 22.1 Å². The summed E-state index contributed by atoms with van der Waals surface area (Å²) in [6, 6.07) is 0. The lowest BCUT2D eigenvalue weighted by molar-refractivity contribution is -0.324. The lowest BCUT2D eigenvalue weighted by Gasteiger charge is -2.30. The highest BCUT2D eigenvalue weighted by atomic mass is 32.2. The van der Waals surface area contributed by atoms with Crippen LogP contribution in [0.2, 0.25) is 0 Å². The van der Waals surface area contributed by atoms with Gasteiger partial charge in [0.15, 0.2) is 16.2 Å². The van der Waals surface area contributed by atoms with Crippen molar-refractivity contribution in [3.05, 3.63) is 0 Å². The molecule has 0 amide bonds. The summed E-state index contributed by atoms with van der Waals surface area (Å²) in [6.45, 7) is -2.14. The van der Waals surface area contributed by atoms with Gasteiger partial charge in [0.2, 0.25) is 0 Å². The van der Waals surface area contributed by atoms with E-state index >= 15 is 0 Å². The third kappa shape index (κ3) is 7.01. The SMILES string of the molecule is O=C(OCC(COC(F)(F)C(F)(F)S(=O)(=O)[O-])OC(=O)C1CCCCC1)C1CCCCC1. The molecule has 13 heteroatoms. The molecule has 2 fully saturated rings. The Morgan fingerprint density at radius 2 is 1.31 bits per heavy atom. The summed E-state index contributed by atoms with van der Waals surface area (Å²) in [7, 11) is -6.74. The van der Waals surface area contributed by atoms with Crippen LogP contribution in [0.3, 0.4) is 0 Å². The van der Waals surface area contributed by atoms with Crippen molar-refractivity contribution in [3.63, 3.8) is 0 Å². The summed E-state index contributed by atoms with van der Waals surface area (Å²) in [5.74, 6) is -2.35. The number of ether oxygens (including phenoxy) is 3. The van der Waals surface area contributed by atoms with Crippen molar-refractivity contribution in [1.29, 1.82) is 0 Å². The Balaban J connectivity index is 2.03. The summed E-state index contributed by atoms with van der Waals surface area (Å²) in [5.41, 5.74) is 0. The molecule has 0 aliphatic heterocycles. The summed E-state index contributed by atoms with van der Waals surface area (Å²) >= 11 is 0. The summed E-state index contributed by atoms with van der Waals surface area (Å²) in [6.07, 6.45) is -0.210. The number of carbonyl (C=O) groups excluding carboxylic acids is 2. The van der Waals surface area contributed by atoms with Crippen molar-refractivity contribution in [2.24, 2.45) is 11.8 Å². The van der Waals surface area contributed by atoms with E-state index in [4.69, 9.17) is 9.47 Å². The number of halogens is 4. The monoisotopic (exact) mass is 491 g/mol. The fraction of sp³-hybridized carbons (Fsp3) is 0.895. The third-order valence-electron chi connectivity index (χ3n) is 5.67. The van der Waals surface area contributed by atoms with E-state index in [2.05, 4.69) is 4.74 Å². The van der Waals surface area contributed by atoms with Crippen LogP contribution in [0.4, 0.5) is 17.6 Å². The van der Waals surface area contributed by atoms with E-state index in [-0.39, 0.29) is 0 Å². The van der Waals surface area contributed by atoms with E-state index in [0.29, 0.717) is 25.7 Å². The molecule has 2 saturated carbocycles. The van der Waals surface area contributed by atoms with Crippen molar-refractivity contribution in [2.75, 3.05) is 13.2 Å². The maximum atomic E-state index is 13.6. The van der Waals surface area contributed by atoms with Gasteiger partial charge in [0.1, 0.15) is 6.61 Å². The van der Waals surface area contributed by atoms with E-state index in [0.717, 1.165) is 38.5 Å². The molecule has 2 aliphatic carbocycles. The summed E-state index contributed by atoms with van der Waals surface area (Å²) in [4.78, 5) is 24.5. The van der Waals surface area contributed by atoms with Gasteiger partial charge >= 0.3 is 23.3 Å². The number of hydrogen-bond acceptors (Lipinski definition) is 8. The van der Waals surface area contributed by atoms with Gasteiger partial charge < -0.3 is 18.8 Å². The number of alkyl halides is 4. The normalized spacial score (nSPS) is 20.5. The Morgan fingerprint density at radius 3 is 1.78 bits per heavy atom. The van der Waals surface area contributed by atoms with Gasteiger partial charge in [-0.2, -0.15) is 17.6 Å². The molecule has 0 radical (unpaired) electrons. The minimum Gasteiger partial charge on any atom is -0.743 e. The van der Waals surface area contributed by atoms with Gasteiger partial charge in [0.05, 0.1) is 18.4 Å². The molecule has 0 aromatic carbocycles. The number of esters is 2. The molecule has 0 bridgehead atoms. The first-order chi connectivity index (χ1) is 14.8. The van der Waals surface area contributed by atoms with E-state index in [9.17, 15) is 40.1 Å². The molecule has 0 aromatic heterocycles. The maximum Gasteiger partial charge on any atom is 0.433 e. The fourth-order valence-electron chi connectivity index (χ4n) is 3.77. The van der Waals surface area contributed by atoms with Crippen molar-refractivity contribution in [1.82, 2.24) is 0 Å². The van der Waals surface area contributed by atoms with Crippen LogP contribution in [0.15, 0.2) is 0 Å². The quantitative estimate of drug-likeness (QED) is 0.259. The molecule has 1 atom stereocenters. The molecule has 0 N–H and O–H groups in total. The zero-order valence-corrected chi connectivity index (χ0v) is 18.2. The molecule has 0 spiro atoms. The number of rotatable bonds is 10. The van der Waals surface area contributed by atoms with E-state index < -0.39 is 64.6 Å². The zero-order chi connectivity index (χ0) is 24.0. The number of hydrogen-bond donors (Lipinski definition) is 0. The molecular weight excluding hydrogens is 464 g/mol. The Hall–Kier alpha value is -1.47. The Labute approximate surface area is 183 Å². The van der Waals surface area contributed by atoms with Crippen LogP contribution in [-0.2, 0) is 33.9 Å². The Morgan fingerprint density at radius 1 is 0.844 bits per heavy atom. The van der Waals surface area contributed by atoms with Crippen LogP contribution in [0.5, 0.6) is 0 Å². The largest absolute Gasteiger partial charge is 0.743 e. The molecule has 2 aliphatic rings. The van der Waals surface area contributed by atoms with Crippen LogP contribution in [0.25, 0.3) is 0 Å². The predicted molar refractivity (Wildman–Crippen MR) is 99.5 cm³/mol. The predicted octanol–water partition coefficient (Wildman–Crippen LogP) is 3.35. The van der Waals surface area contributed by atoms with Gasteiger partial charge in [0.25, 0.3) is 0 Å². The van der Waals surface area contributed by atoms with E-state index in [1.54, 1.807) is 0 Å². The van der Waals surface area contributed by atoms with Crippen molar-refractivity contribution in [2.45, 2.75) is 81.7 Å². The maximum absolute atomic E-state index is 13.6. The molecule has 8 nitrogen and oxygen atoms in total. The van der Waals surface area contributed by atoms with Gasteiger partial charge in [-0.25, -0.2) is 8.42 Å². The van der Waals surface area contributed by atoms with Crippen LogP contribution < -0.4 is 0 Å². The van der Waals surface area contributed by atoms with Gasteiger partial charge in [-0.15, -0.1) is 0 Å². The Bertz CT molecular complexity index is 746. The molecule has 2 rings (SSSR count). The average Bonchev–Trinajstić information content (AvgIpc) is 2.75.